The first kappa shape index (κ1) is 28.1. The van der Waals surface area contributed by atoms with Gasteiger partial charge in [0.25, 0.3) is 0 Å². The zero-order valence-electron chi connectivity index (χ0n) is 19.1. The topological polar surface area (TPSA) is 225 Å². The maximum absolute atomic E-state index is 13.1. The van der Waals surface area contributed by atoms with Gasteiger partial charge in [0.2, 0.25) is 29.5 Å². The lowest BCUT2D eigenvalue weighted by Crippen LogP contribution is -2.58. The molecule has 0 radical (unpaired) electrons. The molecule has 5 atom stereocenters. The quantitative estimate of drug-likeness (QED) is 0.200. The van der Waals surface area contributed by atoms with Gasteiger partial charge in [-0.2, -0.15) is 0 Å². The molecule has 0 spiro atoms. The molecule has 0 aromatic heterocycles. The zero-order valence-corrected chi connectivity index (χ0v) is 19.1. The number of hydrogen-bond acceptors (Lipinski definition) is 9. The molecule has 15 nitrogen and oxygen atoms in total. The lowest BCUT2D eigenvalue weighted by molar-refractivity contribution is -0.143. The summed E-state index contributed by atoms with van der Waals surface area (Å²) in [5.74, 6) is -6.23. The molecule has 5 N–H and O–H groups in total. The zero-order chi connectivity index (χ0) is 26.8. The maximum atomic E-state index is 13.1. The van der Waals surface area contributed by atoms with Gasteiger partial charge in [-0.1, -0.05) is 0 Å². The molecule has 0 unspecified atom stereocenters. The van der Waals surface area contributed by atoms with Gasteiger partial charge in [0, 0.05) is 25.8 Å². The summed E-state index contributed by atoms with van der Waals surface area (Å²) in [4.78, 5) is 110. The van der Waals surface area contributed by atoms with E-state index in [1.54, 1.807) is 0 Å². The summed E-state index contributed by atoms with van der Waals surface area (Å²) in [6.07, 6.45) is -0.838. The third-order valence-electron chi connectivity index (χ3n) is 5.73. The molecule has 0 aromatic rings. The predicted molar refractivity (Wildman–Crippen MR) is 117 cm³/mol. The van der Waals surface area contributed by atoms with Crippen LogP contribution in [0.1, 0.15) is 38.5 Å². The summed E-state index contributed by atoms with van der Waals surface area (Å²) in [7, 11) is 0. The average Bonchev–Trinajstić information content (AvgIpc) is 3.31. The van der Waals surface area contributed by atoms with Crippen LogP contribution in [0.5, 0.6) is 0 Å². The lowest BCUT2D eigenvalue weighted by atomic mass is 10.1. The molecule has 2 rings (SSSR count). The summed E-state index contributed by atoms with van der Waals surface area (Å²) in [6.45, 7) is 0.113. The number of carbonyl (C=O) groups is 9. The molecule has 36 heavy (non-hydrogen) atoms. The van der Waals surface area contributed by atoms with Gasteiger partial charge in [-0.25, -0.2) is 0 Å². The van der Waals surface area contributed by atoms with E-state index in [-0.39, 0.29) is 13.0 Å². The first-order valence-electron chi connectivity index (χ1n) is 11.2. The van der Waals surface area contributed by atoms with Crippen LogP contribution in [0.4, 0.5) is 0 Å². The van der Waals surface area contributed by atoms with Crippen LogP contribution in [0.3, 0.4) is 0 Å². The number of amides is 5. The van der Waals surface area contributed by atoms with Gasteiger partial charge in [-0.3, -0.25) is 28.8 Å². The van der Waals surface area contributed by atoms with Gasteiger partial charge < -0.3 is 45.7 Å². The van der Waals surface area contributed by atoms with Gasteiger partial charge in [0.15, 0.2) is 0 Å². The van der Waals surface area contributed by atoms with Crippen LogP contribution in [0, 0.1) is 0 Å². The van der Waals surface area contributed by atoms with Crippen molar-refractivity contribution in [1.82, 2.24) is 26.2 Å². The fourth-order valence-corrected chi connectivity index (χ4v) is 3.95. The molecule has 196 valence electrons. The van der Waals surface area contributed by atoms with E-state index in [0.29, 0.717) is 25.3 Å². The molecule has 15 heteroatoms. The largest absolute Gasteiger partial charge is 0.481 e. The van der Waals surface area contributed by atoms with Gasteiger partial charge in [0.1, 0.15) is 49.1 Å². The van der Waals surface area contributed by atoms with Gasteiger partial charge >= 0.3 is 5.97 Å². The number of nitrogens with zero attached hydrogens (tertiary/aromatic N) is 1. The van der Waals surface area contributed by atoms with E-state index in [0.717, 1.165) is 4.90 Å². The molecular weight excluding hydrogens is 482 g/mol. The van der Waals surface area contributed by atoms with Gasteiger partial charge in [-0.05, 0) is 12.8 Å². The van der Waals surface area contributed by atoms with Crippen molar-refractivity contribution in [3.05, 3.63) is 0 Å². The van der Waals surface area contributed by atoms with Crippen molar-refractivity contribution < 1.29 is 48.3 Å². The summed E-state index contributed by atoms with van der Waals surface area (Å²) >= 11 is 0. The Morgan fingerprint density at radius 3 is 1.72 bits per heavy atom. The molecule has 0 aliphatic carbocycles. The molecule has 2 aliphatic heterocycles. The summed E-state index contributed by atoms with van der Waals surface area (Å²) in [6, 6.07) is -7.27. The van der Waals surface area contributed by atoms with Crippen molar-refractivity contribution in [2.45, 2.75) is 68.7 Å². The fourth-order valence-electron chi connectivity index (χ4n) is 3.95. The Balaban J connectivity index is 2.51. The standard InChI is InChI=1S/C21H27N5O10/c27-7-3-11-17(32)24-13(5-9-29)21(36)26-6-1-2-15(26)20(35)23-12(4-8-28)18(33)25-14(10-16(30)31)19(34)22-11/h7-9,11-15H,1-6,10H2,(H,22,34)(H,23,35)(H,24,32)(H,25,33)(H,30,31)/t11-,12-,13-,14+,15+/m1/s1. The molecule has 2 aliphatic rings. The third kappa shape index (κ3) is 7.16. The Labute approximate surface area is 204 Å². The van der Waals surface area contributed by atoms with Crippen LogP contribution in [0.2, 0.25) is 0 Å². The Morgan fingerprint density at radius 1 is 0.750 bits per heavy atom. The van der Waals surface area contributed by atoms with Gasteiger partial charge in [-0.15, -0.1) is 0 Å². The minimum atomic E-state index is -1.73. The van der Waals surface area contributed by atoms with Crippen molar-refractivity contribution in [1.29, 1.82) is 0 Å². The van der Waals surface area contributed by atoms with E-state index >= 15 is 0 Å². The van der Waals surface area contributed by atoms with Crippen molar-refractivity contribution in [2.75, 3.05) is 6.54 Å². The number of aliphatic carboxylic acids is 1. The summed E-state index contributed by atoms with van der Waals surface area (Å²) < 4.78 is 0. The maximum Gasteiger partial charge on any atom is 0.305 e. The Bertz CT molecular complexity index is 938. The third-order valence-corrected chi connectivity index (χ3v) is 5.73. The van der Waals surface area contributed by atoms with E-state index in [1.165, 1.54) is 0 Å². The van der Waals surface area contributed by atoms with E-state index in [4.69, 9.17) is 5.11 Å². The molecule has 2 fully saturated rings. The molecule has 2 saturated heterocycles. The van der Waals surface area contributed by atoms with E-state index in [1.807, 2.05) is 0 Å². The SMILES string of the molecule is O=CC[C@H]1NC(=O)[C@H](CC(=O)O)NC(=O)[C@@H](CC=O)NC(=O)[C@@H]2CCCN2C(=O)[C@@H](CC=O)NC1=O. The number of carboxylic acid groups (broad SMARTS) is 1. The van der Waals surface area contributed by atoms with Crippen LogP contribution < -0.4 is 21.3 Å². The first-order chi connectivity index (χ1) is 17.1. The molecule has 0 saturated carbocycles. The Hall–Kier alpha value is -4.17. The highest BCUT2D eigenvalue weighted by atomic mass is 16.4. The number of nitrogens with one attached hydrogen (secondary N) is 4. The van der Waals surface area contributed by atoms with E-state index < -0.39 is 91.4 Å². The summed E-state index contributed by atoms with van der Waals surface area (Å²) in [5.41, 5.74) is 0. The number of hydrogen-bond donors (Lipinski definition) is 5. The van der Waals surface area contributed by atoms with Crippen LogP contribution in [0.25, 0.3) is 0 Å². The normalized spacial score (nSPS) is 27.8. The molecular formula is C21H27N5O10. The van der Waals surface area contributed by atoms with Crippen molar-refractivity contribution in [3.8, 4) is 0 Å². The Morgan fingerprint density at radius 2 is 1.19 bits per heavy atom. The minimum Gasteiger partial charge on any atom is -0.481 e. The van der Waals surface area contributed by atoms with E-state index in [2.05, 4.69) is 21.3 Å². The number of rotatable bonds is 8. The van der Waals surface area contributed by atoms with Crippen molar-refractivity contribution in [2.24, 2.45) is 0 Å². The highest BCUT2D eigenvalue weighted by molar-refractivity contribution is 6.00. The van der Waals surface area contributed by atoms with E-state index in [9.17, 15) is 43.2 Å². The predicted octanol–water partition coefficient (Wildman–Crippen LogP) is -3.83. The number of aldehydes is 3. The monoisotopic (exact) mass is 509 g/mol. The van der Waals surface area contributed by atoms with Crippen LogP contribution >= 0.6 is 0 Å². The number of carboxylic acids is 1. The Kier molecular flexibility index (Phi) is 10.2. The van der Waals surface area contributed by atoms with Crippen molar-refractivity contribution in [3.63, 3.8) is 0 Å². The second-order valence-electron chi connectivity index (χ2n) is 8.24. The smallest absolute Gasteiger partial charge is 0.305 e. The highest BCUT2D eigenvalue weighted by Crippen LogP contribution is 2.20. The van der Waals surface area contributed by atoms with Gasteiger partial charge in [0.05, 0.1) is 6.42 Å². The lowest BCUT2D eigenvalue weighted by Gasteiger charge is -2.29. The summed E-state index contributed by atoms with van der Waals surface area (Å²) in [5, 5.41) is 18.1. The molecule has 2 heterocycles. The fraction of sp³-hybridized carbons (Fsp3) is 0.571. The molecule has 0 aromatic carbocycles. The second-order valence-corrected chi connectivity index (χ2v) is 8.24. The molecule has 0 bridgehead atoms. The van der Waals surface area contributed by atoms with Crippen LogP contribution in [-0.4, -0.2) is 101 Å². The number of carbonyl (C=O) groups excluding carboxylic acids is 8. The number of fused-ring (bicyclic) bond motifs is 1. The minimum absolute atomic E-state index is 0.113. The average molecular weight is 509 g/mol. The highest BCUT2D eigenvalue weighted by Gasteiger charge is 2.40. The second kappa shape index (κ2) is 13.1. The van der Waals surface area contributed by atoms with Crippen LogP contribution in [0.15, 0.2) is 0 Å². The molecule has 5 amide bonds. The van der Waals surface area contributed by atoms with Crippen molar-refractivity contribution >= 4 is 54.4 Å². The first-order valence-corrected chi connectivity index (χ1v) is 11.2. The van der Waals surface area contributed by atoms with Crippen LogP contribution in [-0.2, 0) is 43.2 Å².